The van der Waals surface area contributed by atoms with Crippen molar-refractivity contribution in [2.24, 2.45) is 0 Å². The van der Waals surface area contributed by atoms with E-state index in [0.29, 0.717) is 11.1 Å². The lowest BCUT2D eigenvalue weighted by Crippen LogP contribution is -1.97. The van der Waals surface area contributed by atoms with Crippen molar-refractivity contribution in [3.05, 3.63) is 59.4 Å². The van der Waals surface area contributed by atoms with Crippen LogP contribution in [0.3, 0.4) is 0 Å². The van der Waals surface area contributed by atoms with Gasteiger partial charge in [0.2, 0.25) is 11.9 Å². The van der Waals surface area contributed by atoms with Gasteiger partial charge in [-0.2, -0.15) is 8.78 Å². The van der Waals surface area contributed by atoms with E-state index in [1.165, 1.54) is 30.3 Å². The molecule has 0 aliphatic carbocycles. The standard InChI is InChI=1S/C15H10F2N2O2/c1-8-6-11(16)19-12(7-8)18-13(14(19)17)9-2-4-10(5-3-9)15(20)21/h2-7H,1H3,(H,20,21). The van der Waals surface area contributed by atoms with Gasteiger partial charge in [-0.15, -0.1) is 0 Å². The van der Waals surface area contributed by atoms with E-state index >= 15 is 0 Å². The lowest BCUT2D eigenvalue weighted by Gasteiger charge is -1.99. The molecule has 0 amide bonds. The molecule has 0 saturated heterocycles. The van der Waals surface area contributed by atoms with Gasteiger partial charge in [0.05, 0.1) is 5.56 Å². The van der Waals surface area contributed by atoms with Crippen LogP contribution in [0.15, 0.2) is 36.4 Å². The molecule has 0 bridgehead atoms. The number of imidazole rings is 1. The second-order valence-electron chi connectivity index (χ2n) is 4.68. The fourth-order valence-corrected chi connectivity index (χ4v) is 2.17. The number of aromatic nitrogens is 2. The second-order valence-corrected chi connectivity index (χ2v) is 4.68. The molecule has 0 aliphatic heterocycles. The Morgan fingerprint density at radius 1 is 1.19 bits per heavy atom. The van der Waals surface area contributed by atoms with Gasteiger partial charge >= 0.3 is 5.97 Å². The number of rotatable bonds is 2. The molecule has 0 saturated carbocycles. The zero-order valence-electron chi connectivity index (χ0n) is 11.0. The normalized spacial score (nSPS) is 11.0. The van der Waals surface area contributed by atoms with Crippen molar-refractivity contribution in [3.8, 4) is 11.3 Å². The summed E-state index contributed by atoms with van der Waals surface area (Å²) in [6.45, 7) is 1.69. The average molecular weight is 288 g/mol. The van der Waals surface area contributed by atoms with E-state index in [0.717, 1.165) is 4.40 Å². The number of halogens is 2. The van der Waals surface area contributed by atoms with Crippen molar-refractivity contribution in [2.75, 3.05) is 0 Å². The maximum absolute atomic E-state index is 14.3. The summed E-state index contributed by atoms with van der Waals surface area (Å²) in [5, 5.41) is 8.84. The Morgan fingerprint density at radius 3 is 2.48 bits per heavy atom. The second kappa shape index (κ2) is 4.66. The molecule has 0 spiro atoms. The molecule has 0 aliphatic rings. The van der Waals surface area contributed by atoms with Gasteiger partial charge in [0, 0.05) is 5.56 Å². The first-order chi connectivity index (χ1) is 9.97. The number of carbonyl (C=O) groups is 1. The molecule has 21 heavy (non-hydrogen) atoms. The summed E-state index contributed by atoms with van der Waals surface area (Å²) in [6, 6.07) is 8.37. The summed E-state index contributed by atoms with van der Waals surface area (Å²) in [5.74, 6) is -2.62. The van der Waals surface area contributed by atoms with E-state index in [2.05, 4.69) is 4.98 Å². The molecule has 0 fully saturated rings. The molecular weight excluding hydrogens is 278 g/mol. The molecule has 3 aromatic rings. The predicted octanol–water partition coefficient (Wildman–Crippen LogP) is 3.29. The van der Waals surface area contributed by atoms with Gasteiger partial charge in [-0.3, -0.25) is 0 Å². The Kier molecular flexibility index (Phi) is 2.94. The monoisotopic (exact) mass is 288 g/mol. The maximum Gasteiger partial charge on any atom is 0.335 e. The van der Waals surface area contributed by atoms with E-state index in [-0.39, 0.29) is 16.9 Å². The van der Waals surface area contributed by atoms with Crippen LogP contribution in [-0.2, 0) is 0 Å². The number of carboxylic acids is 1. The minimum atomic E-state index is -1.07. The topological polar surface area (TPSA) is 54.6 Å². The number of carboxylic acid groups (broad SMARTS) is 1. The van der Waals surface area contributed by atoms with Crippen molar-refractivity contribution in [2.45, 2.75) is 6.92 Å². The first-order valence-electron chi connectivity index (χ1n) is 6.15. The molecule has 1 N–H and O–H groups in total. The first kappa shape index (κ1) is 13.2. The van der Waals surface area contributed by atoms with Gasteiger partial charge in [-0.1, -0.05) is 12.1 Å². The fraction of sp³-hybridized carbons (Fsp3) is 0.0667. The zero-order chi connectivity index (χ0) is 15.1. The molecular formula is C15H10F2N2O2. The highest BCUT2D eigenvalue weighted by Gasteiger charge is 2.17. The van der Waals surface area contributed by atoms with Crippen LogP contribution in [0.5, 0.6) is 0 Å². The third-order valence-electron chi connectivity index (χ3n) is 3.17. The third kappa shape index (κ3) is 2.14. The molecule has 1 aromatic carbocycles. The minimum Gasteiger partial charge on any atom is -0.478 e. The van der Waals surface area contributed by atoms with Crippen molar-refractivity contribution in [3.63, 3.8) is 0 Å². The fourth-order valence-electron chi connectivity index (χ4n) is 2.17. The molecule has 0 unspecified atom stereocenters. The highest BCUT2D eigenvalue weighted by atomic mass is 19.1. The Balaban J connectivity index is 2.18. The first-order valence-corrected chi connectivity index (χ1v) is 6.15. The number of hydrogen-bond acceptors (Lipinski definition) is 2. The van der Waals surface area contributed by atoms with E-state index in [1.807, 2.05) is 0 Å². The Labute approximate surface area is 118 Å². The van der Waals surface area contributed by atoms with Crippen molar-refractivity contribution in [1.29, 1.82) is 0 Å². The molecule has 106 valence electrons. The summed E-state index contributed by atoms with van der Waals surface area (Å²) in [6.07, 6.45) is 0. The summed E-state index contributed by atoms with van der Waals surface area (Å²) < 4.78 is 28.9. The van der Waals surface area contributed by atoms with Gasteiger partial charge < -0.3 is 5.11 Å². The Hall–Kier alpha value is -2.76. The quantitative estimate of drug-likeness (QED) is 0.736. The molecule has 3 rings (SSSR count). The van der Waals surface area contributed by atoms with Crippen LogP contribution in [0.2, 0.25) is 0 Å². The van der Waals surface area contributed by atoms with Crippen molar-refractivity contribution >= 4 is 11.6 Å². The predicted molar refractivity (Wildman–Crippen MR) is 72.2 cm³/mol. The molecule has 0 radical (unpaired) electrons. The van der Waals surface area contributed by atoms with Gasteiger partial charge in [0.25, 0.3) is 0 Å². The maximum atomic E-state index is 14.3. The van der Waals surface area contributed by atoms with Gasteiger partial charge in [0.1, 0.15) is 11.3 Å². The lowest BCUT2D eigenvalue weighted by atomic mass is 10.1. The van der Waals surface area contributed by atoms with Crippen LogP contribution in [0.1, 0.15) is 15.9 Å². The van der Waals surface area contributed by atoms with Gasteiger partial charge in [0.15, 0.2) is 0 Å². The number of aromatic carboxylic acids is 1. The third-order valence-corrected chi connectivity index (χ3v) is 3.17. The number of nitrogens with zero attached hydrogens (tertiary/aromatic N) is 2. The number of aryl methyl sites for hydroxylation is 1. The number of pyridine rings is 1. The van der Waals surface area contributed by atoms with Crippen LogP contribution < -0.4 is 0 Å². The highest BCUT2D eigenvalue weighted by molar-refractivity contribution is 5.88. The molecule has 2 heterocycles. The molecule has 6 heteroatoms. The Morgan fingerprint density at radius 2 is 1.86 bits per heavy atom. The van der Waals surface area contributed by atoms with Crippen molar-refractivity contribution < 1.29 is 18.7 Å². The zero-order valence-corrected chi connectivity index (χ0v) is 11.0. The van der Waals surface area contributed by atoms with Gasteiger partial charge in [-0.25, -0.2) is 14.2 Å². The number of hydrogen-bond donors (Lipinski definition) is 1. The molecule has 2 aromatic heterocycles. The van der Waals surface area contributed by atoms with Crippen LogP contribution in [0, 0.1) is 18.8 Å². The van der Waals surface area contributed by atoms with Crippen LogP contribution >= 0.6 is 0 Å². The van der Waals surface area contributed by atoms with E-state index < -0.39 is 17.9 Å². The van der Waals surface area contributed by atoms with Crippen molar-refractivity contribution in [1.82, 2.24) is 9.38 Å². The summed E-state index contributed by atoms with van der Waals surface area (Å²) in [4.78, 5) is 14.9. The SMILES string of the molecule is Cc1cc(F)n2c(F)c(-c3ccc(C(=O)O)cc3)nc2c1. The van der Waals surface area contributed by atoms with E-state index in [9.17, 15) is 13.6 Å². The summed E-state index contributed by atoms with van der Waals surface area (Å²) >= 11 is 0. The minimum absolute atomic E-state index is 0.0172. The molecule has 4 nitrogen and oxygen atoms in total. The van der Waals surface area contributed by atoms with Gasteiger partial charge in [-0.05, 0) is 36.8 Å². The summed E-state index contributed by atoms with van der Waals surface area (Å²) in [5.41, 5.74) is 1.26. The van der Waals surface area contributed by atoms with E-state index in [4.69, 9.17) is 5.11 Å². The average Bonchev–Trinajstić information content (AvgIpc) is 2.76. The number of benzene rings is 1. The lowest BCUT2D eigenvalue weighted by molar-refractivity contribution is 0.0697. The van der Waals surface area contributed by atoms with E-state index in [1.54, 1.807) is 13.0 Å². The Bertz CT molecular complexity index is 854. The van der Waals surface area contributed by atoms with Crippen LogP contribution in [0.25, 0.3) is 16.9 Å². The van der Waals surface area contributed by atoms with Crippen LogP contribution in [-0.4, -0.2) is 20.5 Å². The summed E-state index contributed by atoms with van der Waals surface area (Å²) in [7, 11) is 0. The largest absolute Gasteiger partial charge is 0.478 e. The smallest absolute Gasteiger partial charge is 0.335 e. The highest BCUT2D eigenvalue weighted by Crippen LogP contribution is 2.25. The number of fused-ring (bicyclic) bond motifs is 1. The molecule has 0 atom stereocenters. The van der Waals surface area contributed by atoms with Crippen LogP contribution in [0.4, 0.5) is 8.78 Å².